The van der Waals surface area contributed by atoms with E-state index in [1.54, 1.807) is 0 Å². The van der Waals surface area contributed by atoms with Gasteiger partial charge in [-0.2, -0.15) is 0 Å². The minimum absolute atomic E-state index is 0.104. The molecule has 0 bridgehead atoms. The molecule has 1 amide bonds. The number of carbonyl (C=O) groups is 1. The minimum atomic E-state index is -0.132. The highest BCUT2D eigenvalue weighted by atomic mass is 16.1. The first kappa shape index (κ1) is 10.5. The summed E-state index contributed by atoms with van der Waals surface area (Å²) in [6.45, 7) is 7.48. The highest BCUT2D eigenvalue weighted by Crippen LogP contribution is 2.16. The number of carbonyl (C=O) groups excluding carboxylic acids is 1. The predicted octanol–water partition coefficient (Wildman–Crippen LogP) is 0.840. The van der Waals surface area contributed by atoms with Crippen molar-refractivity contribution in [2.75, 3.05) is 19.6 Å². The number of hydrogen-bond acceptors (Lipinski definition) is 2. The Morgan fingerprint density at radius 1 is 1.62 bits per heavy atom. The SMILES string of the molecule is CC(C)CCN1CCC(C(N)=O)C1. The normalized spacial score (nSPS) is 24.1. The molecule has 13 heavy (non-hydrogen) atoms. The van der Waals surface area contributed by atoms with E-state index in [4.69, 9.17) is 5.73 Å². The van der Waals surface area contributed by atoms with Crippen LogP contribution in [0.4, 0.5) is 0 Å². The van der Waals surface area contributed by atoms with Crippen molar-refractivity contribution >= 4 is 5.91 Å². The molecule has 1 aliphatic heterocycles. The van der Waals surface area contributed by atoms with Gasteiger partial charge in [-0.1, -0.05) is 13.8 Å². The highest BCUT2D eigenvalue weighted by Gasteiger charge is 2.25. The van der Waals surface area contributed by atoms with Crippen LogP contribution in [0.25, 0.3) is 0 Å². The van der Waals surface area contributed by atoms with E-state index in [1.807, 2.05) is 0 Å². The van der Waals surface area contributed by atoms with Crippen molar-refractivity contribution in [2.24, 2.45) is 17.6 Å². The molecule has 0 aromatic carbocycles. The maximum absolute atomic E-state index is 10.9. The average Bonchev–Trinajstić information content (AvgIpc) is 2.48. The first-order valence-corrected chi connectivity index (χ1v) is 5.11. The van der Waals surface area contributed by atoms with E-state index in [0.29, 0.717) is 0 Å². The van der Waals surface area contributed by atoms with Gasteiger partial charge in [0.05, 0.1) is 5.92 Å². The van der Waals surface area contributed by atoms with Crippen LogP contribution < -0.4 is 5.73 Å². The number of likely N-dealkylation sites (tertiary alicyclic amines) is 1. The zero-order chi connectivity index (χ0) is 9.84. The molecule has 1 rings (SSSR count). The summed E-state index contributed by atoms with van der Waals surface area (Å²) >= 11 is 0. The second-order valence-corrected chi connectivity index (χ2v) is 4.37. The summed E-state index contributed by atoms with van der Waals surface area (Å²) in [7, 11) is 0. The molecule has 1 heterocycles. The number of nitrogens with zero attached hydrogens (tertiary/aromatic N) is 1. The molecule has 3 heteroatoms. The van der Waals surface area contributed by atoms with Crippen LogP contribution in [0.15, 0.2) is 0 Å². The van der Waals surface area contributed by atoms with Gasteiger partial charge in [0, 0.05) is 6.54 Å². The molecule has 1 aliphatic rings. The molecule has 2 N–H and O–H groups in total. The fraction of sp³-hybridized carbons (Fsp3) is 0.900. The first-order valence-electron chi connectivity index (χ1n) is 5.11. The van der Waals surface area contributed by atoms with E-state index in [-0.39, 0.29) is 11.8 Å². The summed E-state index contributed by atoms with van der Waals surface area (Å²) in [5.41, 5.74) is 5.25. The van der Waals surface area contributed by atoms with Crippen LogP contribution in [0, 0.1) is 11.8 Å². The Hall–Kier alpha value is -0.570. The van der Waals surface area contributed by atoms with E-state index in [9.17, 15) is 4.79 Å². The predicted molar refractivity (Wildman–Crippen MR) is 53.2 cm³/mol. The van der Waals surface area contributed by atoms with Crippen LogP contribution in [0.1, 0.15) is 26.7 Å². The Morgan fingerprint density at radius 3 is 2.77 bits per heavy atom. The summed E-state index contributed by atoms with van der Waals surface area (Å²) in [4.78, 5) is 13.2. The molecule has 0 aromatic rings. The van der Waals surface area contributed by atoms with Crippen LogP contribution in [-0.4, -0.2) is 30.4 Å². The van der Waals surface area contributed by atoms with E-state index in [1.165, 1.54) is 6.42 Å². The molecule has 1 fully saturated rings. The van der Waals surface area contributed by atoms with Gasteiger partial charge in [-0.05, 0) is 31.8 Å². The molecule has 0 radical (unpaired) electrons. The van der Waals surface area contributed by atoms with Gasteiger partial charge in [-0.25, -0.2) is 0 Å². The minimum Gasteiger partial charge on any atom is -0.369 e. The number of primary amides is 1. The van der Waals surface area contributed by atoms with Crippen LogP contribution in [0.5, 0.6) is 0 Å². The lowest BCUT2D eigenvalue weighted by Crippen LogP contribution is -2.28. The van der Waals surface area contributed by atoms with E-state index in [2.05, 4.69) is 18.7 Å². The maximum Gasteiger partial charge on any atom is 0.221 e. The number of nitrogens with two attached hydrogens (primary N) is 1. The van der Waals surface area contributed by atoms with Gasteiger partial charge in [0.2, 0.25) is 5.91 Å². The highest BCUT2D eigenvalue weighted by molar-refractivity contribution is 5.77. The zero-order valence-electron chi connectivity index (χ0n) is 8.62. The van der Waals surface area contributed by atoms with E-state index in [0.717, 1.165) is 32.0 Å². The Labute approximate surface area is 80.3 Å². The number of rotatable bonds is 4. The largest absolute Gasteiger partial charge is 0.369 e. The molecule has 1 saturated heterocycles. The van der Waals surface area contributed by atoms with Gasteiger partial charge in [0.15, 0.2) is 0 Å². The molecular weight excluding hydrogens is 164 g/mol. The third-order valence-corrected chi connectivity index (χ3v) is 2.70. The first-order chi connectivity index (χ1) is 6.09. The third kappa shape index (κ3) is 3.35. The lowest BCUT2D eigenvalue weighted by Gasteiger charge is -2.16. The van der Waals surface area contributed by atoms with Crippen molar-refractivity contribution in [3.8, 4) is 0 Å². The van der Waals surface area contributed by atoms with Crippen molar-refractivity contribution in [3.63, 3.8) is 0 Å². The van der Waals surface area contributed by atoms with E-state index >= 15 is 0 Å². The standard InChI is InChI=1S/C10H20N2O/c1-8(2)3-5-12-6-4-9(7-12)10(11)13/h8-9H,3-7H2,1-2H3,(H2,11,13). The van der Waals surface area contributed by atoms with Gasteiger partial charge < -0.3 is 10.6 Å². The molecule has 76 valence electrons. The average molecular weight is 184 g/mol. The van der Waals surface area contributed by atoms with Crippen LogP contribution in [0.3, 0.4) is 0 Å². The van der Waals surface area contributed by atoms with Gasteiger partial charge in [-0.3, -0.25) is 4.79 Å². The molecule has 0 aromatic heterocycles. The fourth-order valence-electron chi connectivity index (χ4n) is 1.71. The Balaban J connectivity index is 2.21. The summed E-state index contributed by atoms with van der Waals surface area (Å²) in [6, 6.07) is 0. The number of amides is 1. The second-order valence-electron chi connectivity index (χ2n) is 4.37. The Kier molecular flexibility index (Phi) is 3.72. The van der Waals surface area contributed by atoms with Crippen molar-refractivity contribution < 1.29 is 4.79 Å². The van der Waals surface area contributed by atoms with Crippen molar-refractivity contribution in [1.29, 1.82) is 0 Å². The summed E-state index contributed by atoms with van der Waals surface area (Å²) in [5, 5.41) is 0. The van der Waals surface area contributed by atoms with Crippen molar-refractivity contribution in [2.45, 2.75) is 26.7 Å². The van der Waals surface area contributed by atoms with Gasteiger partial charge in [0.1, 0.15) is 0 Å². The molecule has 0 aliphatic carbocycles. The maximum atomic E-state index is 10.9. The Bertz CT molecular complexity index is 180. The molecule has 0 spiro atoms. The second kappa shape index (κ2) is 4.61. The number of hydrogen-bond donors (Lipinski definition) is 1. The van der Waals surface area contributed by atoms with Gasteiger partial charge in [-0.15, -0.1) is 0 Å². The Morgan fingerprint density at radius 2 is 2.31 bits per heavy atom. The quantitative estimate of drug-likeness (QED) is 0.703. The monoisotopic (exact) mass is 184 g/mol. The van der Waals surface area contributed by atoms with Crippen LogP contribution in [0.2, 0.25) is 0 Å². The summed E-state index contributed by atoms with van der Waals surface area (Å²) in [6.07, 6.45) is 2.17. The van der Waals surface area contributed by atoms with E-state index < -0.39 is 0 Å². The van der Waals surface area contributed by atoms with Crippen LogP contribution >= 0.6 is 0 Å². The van der Waals surface area contributed by atoms with Gasteiger partial charge >= 0.3 is 0 Å². The fourth-order valence-corrected chi connectivity index (χ4v) is 1.71. The molecular formula is C10H20N2O. The lowest BCUT2D eigenvalue weighted by atomic mass is 10.1. The third-order valence-electron chi connectivity index (χ3n) is 2.70. The molecule has 1 atom stereocenters. The van der Waals surface area contributed by atoms with Crippen molar-refractivity contribution in [1.82, 2.24) is 4.90 Å². The van der Waals surface area contributed by atoms with Crippen molar-refractivity contribution in [3.05, 3.63) is 0 Å². The smallest absolute Gasteiger partial charge is 0.221 e. The summed E-state index contributed by atoms with van der Waals surface area (Å²) < 4.78 is 0. The molecule has 0 saturated carbocycles. The molecule has 3 nitrogen and oxygen atoms in total. The molecule has 1 unspecified atom stereocenters. The zero-order valence-corrected chi connectivity index (χ0v) is 8.62. The van der Waals surface area contributed by atoms with Gasteiger partial charge in [0.25, 0.3) is 0 Å². The topological polar surface area (TPSA) is 46.3 Å². The van der Waals surface area contributed by atoms with Crippen LogP contribution in [-0.2, 0) is 4.79 Å². The lowest BCUT2D eigenvalue weighted by molar-refractivity contribution is -0.121. The summed E-state index contributed by atoms with van der Waals surface area (Å²) in [5.74, 6) is 0.715.